The van der Waals surface area contributed by atoms with Gasteiger partial charge in [0.05, 0.1) is 18.1 Å². The lowest BCUT2D eigenvalue weighted by atomic mass is 10.1. The Labute approximate surface area is 132 Å². The molecule has 3 heterocycles. The molecule has 0 fully saturated rings. The van der Waals surface area contributed by atoms with Crippen molar-refractivity contribution in [2.45, 2.75) is 33.0 Å². The molecule has 1 unspecified atom stereocenters. The van der Waals surface area contributed by atoms with E-state index in [9.17, 15) is 0 Å². The second-order valence-electron chi connectivity index (χ2n) is 5.96. The van der Waals surface area contributed by atoms with Crippen molar-refractivity contribution in [3.63, 3.8) is 0 Å². The molecule has 2 aromatic heterocycles. The summed E-state index contributed by atoms with van der Waals surface area (Å²) in [5.41, 5.74) is 2.59. The highest BCUT2D eigenvalue weighted by Crippen LogP contribution is 2.23. The lowest BCUT2D eigenvalue weighted by molar-refractivity contribution is 0.143. The minimum Gasteiger partial charge on any atom is -0.328 e. The number of hydrogen-bond acceptors (Lipinski definition) is 4. The molecular formula is C17H25N5. The van der Waals surface area contributed by atoms with Crippen molar-refractivity contribution in [1.82, 2.24) is 24.3 Å². The van der Waals surface area contributed by atoms with Gasteiger partial charge in [-0.2, -0.15) is 0 Å². The van der Waals surface area contributed by atoms with Crippen molar-refractivity contribution in [3.05, 3.63) is 48.3 Å². The Morgan fingerprint density at radius 2 is 2.09 bits per heavy atom. The fourth-order valence-corrected chi connectivity index (χ4v) is 3.26. The van der Waals surface area contributed by atoms with E-state index < -0.39 is 0 Å². The molecule has 0 bridgehead atoms. The van der Waals surface area contributed by atoms with E-state index in [0.717, 1.165) is 39.3 Å². The minimum absolute atomic E-state index is 0.475. The van der Waals surface area contributed by atoms with Crippen LogP contribution < -0.4 is 0 Å². The maximum atomic E-state index is 4.36. The first-order valence-electron chi connectivity index (χ1n) is 8.14. The number of hydrogen-bond donors (Lipinski definition) is 0. The summed E-state index contributed by atoms with van der Waals surface area (Å²) in [6.45, 7) is 10.7. The highest BCUT2D eigenvalue weighted by molar-refractivity contribution is 5.10. The summed E-state index contributed by atoms with van der Waals surface area (Å²) in [5.74, 6) is 0. The van der Waals surface area contributed by atoms with Crippen LogP contribution in [0, 0.1) is 0 Å². The molecular weight excluding hydrogens is 274 g/mol. The van der Waals surface area contributed by atoms with Crippen LogP contribution in [0.1, 0.15) is 31.1 Å². The van der Waals surface area contributed by atoms with E-state index in [-0.39, 0.29) is 0 Å². The number of likely N-dealkylation sites (N-methyl/N-ethyl adjacent to an activating group) is 1. The Morgan fingerprint density at radius 1 is 1.23 bits per heavy atom. The van der Waals surface area contributed by atoms with Crippen LogP contribution in [0.15, 0.2) is 37.1 Å². The average Bonchev–Trinajstić information content (AvgIpc) is 3.02. The largest absolute Gasteiger partial charge is 0.328 e. The molecule has 0 saturated carbocycles. The smallest absolute Gasteiger partial charge is 0.0952 e. The number of rotatable bonds is 6. The number of imidazole rings is 1. The molecule has 1 aliphatic heterocycles. The van der Waals surface area contributed by atoms with Gasteiger partial charge in [0.15, 0.2) is 0 Å². The van der Waals surface area contributed by atoms with E-state index in [1.54, 1.807) is 0 Å². The van der Waals surface area contributed by atoms with Crippen LogP contribution in [-0.2, 0) is 13.1 Å². The molecule has 1 atom stereocenters. The monoisotopic (exact) mass is 299 g/mol. The quantitative estimate of drug-likeness (QED) is 0.819. The first-order chi connectivity index (χ1) is 10.8. The van der Waals surface area contributed by atoms with Gasteiger partial charge in [0.25, 0.3) is 0 Å². The summed E-state index contributed by atoms with van der Waals surface area (Å²) < 4.78 is 2.36. The Hall–Kier alpha value is -1.72. The maximum Gasteiger partial charge on any atom is 0.0952 e. The predicted molar refractivity (Wildman–Crippen MR) is 87.4 cm³/mol. The van der Waals surface area contributed by atoms with E-state index in [1.807, 2.05) is 31.0 Å². The van der Waals surface area contributed by atoms with E-state index in [1.165, 1.54) is 11.3 Å². The Morgan fingerprint density at radius 3 is 2.82 bits per heavy atom. The number of fused-ring (bicyclic) bond motifs is 1. The van der Waals surface area contributed by atoms with Gasteiger partial charge in [0.2, 0.25) is 0 Å². The van der Waals surface area contributed by atoms with Crippen LogP contribution in [-0.4, -0.2) is 50.5 Å². The molecule has 0 amide bonds. The third-order valence-electron chi connectivity index (χ3n) is 4.49. The van der Waals surface area contributed by atoms with Gasteiger partial charge in [-0.1, -0.05) is 19.9 Å². The third-order valence-corrected chi connectivity index (χ3v) is 4.49. The Bertz CT molecular complexity index is 576. The molecule has 118 valence electrons. The van der Waals surface area contributed by atoms with Gasteiger partial charge >= 0.3 is 0 Å². The minimum atomic E-state index is 0.475. The molecule has 0 spiro atoms. The van der Waals surface area contributed by atoms with E-state index >= 15 is 0 Å². The first-order valence-corrected chi connectivity index (χ1v) is 8.14. The molecule has 0 aromatic carbocycles. The van der Waals surface area contributed by atoms with Gasteiger partial charge in [-0.05, 0) is 24.7 Å². The summed E-state index contributed by atoms with van der Waals surface area (Å²) in [7, 11) is 0. The van der Waals surface area contributed by atoms with Gasteiger partial charge in [-0.15, -0.1) is 0 Å². The maximum absolute atomic E-state index is 4.36. The van der Waals surface area contributed by atoms with Gasteiger partial charge in [-0.3, -0.25) is 9.88 Å². The molecule has 5 heteroatoms. The number of pyridine rings is 1. The zero-order valence-corrected chi connectivity index (χ0v) is 13.5. The van der Waals surface area contributed by atoms with Crippen LogP contribution in [0.3, 0.4) is 0 Å². The van der Waals surface area contributed by atoms with Crippen LogP contribution in [0.5, 0.6) is 0 Å². The van der Waals surface area contributed by atoms with Gasteiger partial charge < -0.3 is 9.47 Å². The van der Waals surface area contributed by atoms with Gasteiger partial charge in [0, 0.05) is 44.8 Å². The highest BCUT2D eigenvalue weighted by Gasteiger charge is 2.26. The summed E-state index contributed by atoms with van der Waals surface area (Å²) in [4.78, 5) is 13.6. The zero-order chi connectivity index (χ0) is 15.4. The lowest BCUT2D eigenvalue weighted by Crippen LogP contribution is -2.42. The molecule has 0 radical (unpaired) electrons. The Balaban J connectivity index is 1.73. The summed E-state index contributed by atoms with van der Waals surface area (Å²) in [5, 5.41) is 0. The summed E-state index contributed by atoms with van der Waals surface area (Å²) in [6, 6.07) is 4.64. The van der Waals surface area contributed by atoms with Crippen LogP contribution in [0.25, 0.3) is 0 Å². The normalized spacial score (nSPS) is 18.6. The SMILES string of the molecule is CCN(CC)CC1CN(Cc2cccnc2)Cc2cncn21. The van der Waals surface area contributed by atoms with E-state index in [0.29, 0.717) is 6.04 Å². The summed E-state index contributed by atoms with van der Waals surface area (Å²) in [6.07, 6.45) is 7.79. The van der Waals surface area contributed by atoms with Crippen molar-refractivity contribution in [3.8, 4) is 0 Å². The molecule has 0 N–H and O–H groups in total. The molecule has 0 aliphatic carbocycles. The Kier molecular flexibility index (Phi) is 4.85. The van der Waals surface area contributed by atoms with Crippen molar-refractivity contribution in [2.75, 3.05) is 26.2 Å². The first kappa shape index (κ1) is 15.2. The van der Waals surface area contributed by atoms with E-state index in [4.69, 9.17) is 0 Å². The van der Waals surface area contributed by atoms with Crippen molar-refractivity contribution < 1.29 is 0 Å². The molecule has 1 aliphatic rings. The fourth-order valence-electron chi connectivity index (χ4n) is 3.26. The van der Waals surface area contributed by atoms with E-state index in [2.05, 4.69) is 44.2 Å². The van der Waals surface area contributed by atoms with Crippen molar-refractivity contribution in [1.29, 1.82) is 0 Å². The van der Waals surface area contributed by atoms with Crippen LogP contribution in [0.2, 0.25) is 0 Å². The molecule has 5 nitrogen and oxygen atoms in total. The third kappa shape index (κ3) is 3.36. The fraction of sp³-hybridized carbons (Fsp3) is 0.529. The number of aromatic nitrogens is 3. The van der Waals surface area contributed by atoms with Crippen molar-refractivity contribution >= 4 is 0 Å². The van der Waals surface area contributed by atoms with Crippen LogP contribution in [0.4, 0.5) is 0 Å². The second kappa shape index (κ2) is 7.03. The standard InChI is InChI=1S/C17H25N5/c1-3-20(4-2)12-17-13-21(10-15-6-5-7-18-8-15)11-16-9-19-14-22(16)17/h5-9,14,17H,3-4,10-13H2,1-2H3. The molecule has 3 rings (SSSR count). The lowest BCUT2D eigenvalue weighted by Gasteiger charge is -2.36. The number of nitrogens with zero attached hydrogens (tertiary/aromatic N) is 5. The average molecular weight is 299 g/mol. The zero-order valence-electron chi connectivity index (χ0n) is 13.5. The second-order valence-corrected chi connectivity index (χ2v) is 5.96. The van der Waals surface area contributed by atoms with Crippen molar-refractivity contribution in [2.24, 2.45) is 0 Å². The highest BCUT2D eigenvalue weighted by atomic mass is 15.3. The molecule has 2 aromatic rings. The topological polar surface area (TPSA) is 37.2 Å². The van der Waals surface area contributed by atoms with Gasteiger partial charge in [-0.25, -0.2) is 4.98 Å². The molecule has 0 saturated heterocycles. The predicted octanol–water partition coefficient (Wildman–Crippen LogP) is 2.18. The van der Waals surface area contributed by atoms with Gasteiger partial charge in [0.1, 0.15) is 0 Å². The summed E-state index contributed by atoms with van der Waals surface area (Å²) >= 11 is 0. The molecule has 22 heavy (non-hydrogen) atoms. The van der Waals surface area contributed by atoms with Crippen LogP contribution >= 0.6 is 0 Å².